The van der Waals surface area contributed by atoms with Crippen molar-refractivity contribution in [2.75, 3.05) is 0 Å². The molecule has 0 atom stereocenters. The molecule has 0 saturated carbocycles. The van der Waals surface area contributed by atoms with Crippen LogP contribution in [0.3, 0.4) is 0 Å². The number of nitrogens with one attached hydrogen (secondary N) is 1. The molecule has 0 aliphatic carbocycles. The second-order valence-electron chi connectivity index (χ2n) is 4.42. The van der Waals surface area contributed by atoms with Crippen LogP contribution in [0.4, 0.5) is 0 Å². The van der Waals surface area contributed by atoms with E-state index in [-0.39, 0.29) is 0 Å². The highest BCUT2D eigenvalue weighted by Gasteiger charge is 2.07. The van der Waals surface area contributed by atoms with Crippen molar-refractivity contribution in [2.45, 2.75) is 13.3 Å². The highest BCUT2D eigenvalue weighted by atomic mass is 79.9. The lowest BCUT2D eigenvalue weighted by Gasteiger charge is -1.99. The number of nitrogens with zero attached hydrogens (tertiary/aromatic N) is 1. The molecule has 0 spiro atoms. The molecule has 0 bridgehead atoms. The van der Waals surface area contributed by atoms with Crippen LogP contribution in [0.25, 0.3) is 22.4 Å². The van der Waals surface area contributed by atoms with Gasteiger partial charge >= 0.3 is 0 Å². The summed E-state index contributed by atoms with van der Waals surface area (Å²) < 4.78 is 0.891. The van der Waals surface area contributed by atoms with Crippen molar-refractivity contribution >= 4 is 38.6 Å². The predicted molar refractivity (Wildman–Crippen MR) is 83.6 cm³/mol. The Bertz CT molecular complexity index is 749. The van der Waals surface area contributed by atoms with Crippen molar-refractivity contribution in [1.29, 1.82) is 0 Å². The quantitative estimate of drug-likeness (QED) is 0.684. The average molecular weight is 336 g/mol. The third-order valence-electron chi connectivity index (χ3n) is 3.15. The molecule has 0 fully saturated rings. The number of halogens is 2. The second kappa shape index (κ2) is 4.99. The summed E-state index contributed by atoms with van der Waals surface area (Å²) in [5, 5.41) is 0.687. The summed E-state index contributed by atoms with van der Waals surface area (Å²) in [6, 6.07) is 12.1. The monoisotopic (exact) mass is 334 g/mol. The number of imidazole rings is 1. The van der Waals surface area contributed by atoms with Crippen LogP contribution >= 0.6 is 27.5 Å². The fraction of sp³-hybridized carbons (Fsp3) is 0.133. The zero-order chi connectivity index (χ0) is 13.4. The van der Waals surface area contributed by atoms with Crippen LogP contribution in [-0.2, 0) is 6.42 Å². The van der Waals surface area contributed by atoms with E-state index in [1.807, 2.05) is 18.2 Å². The first kappa shape index (κ1) is 12.7. The van der Waals surface area contributed by atoms with Crippen LogP contribution < -0.4 is 0 Å². The minimum absolute atomic E-state index is 0.687. The number of H-pyrrole nitrogens is 1. The first-order chi connectivity index (χ1) is 9.17. The number of aromatic nitrogens is 2. The van der Waals surface area contributed by atoms with Crippen LogP contribution in [0.5, 0.6) is 0 Å². The van der Waals surface area contributed by atoms with Gasteiger partial charge in [0.25, 0.3) is 0 Å². The van der Waals surface area contributed by atoms with Crippen molar-refractivity contribution in [2.24, 2.45) is 0 Å². The van der Waals surface area contributed by atoms with Crippen LogP contribution in [0.1, 0.15) is 12.5 Å². The maximum absolute atomic E-state index is 6.12. The molecule has 0 aliphatic rings. The summed E-state index contributed by atoms with van der Waals surface area (Å²) in [6.07, 6.45) is 1.02. The Balaban J connectivity index is 2.11. The number of aromatic amines is 1. The van der Waals surface area contributed by atoms with E-state index in [1.54, 1.807) is 0 Å². The number of benzene rings is 2. The molecular formula is C15H12BrClN2. The first-order valence-electron chi connectivity index (χ1n) is 6.11. The van der Waals surface area contributed by atoms with Gasteiger partial charge < -0.3 is 4.98 Å². The van der Waals surface area contributed by atoms with Crippen LogP contribution in [-0.4, -0.2) is 9.97 Å². The van der Waals surface area contributed by atoms with Gasteiger partial charge in [-0.15, -0.1) is 0 Å². The van der Waals surface area contributed by atoms with Gasteiger partial charge in [-0.05, 0) is 52.2 Å². The number of hydrogen-bond acceptors (Lipinski definition) is 1. The molecule has 4 heteroatoms. The summed E-state index contributed by atoms with van der Waals surface area (Å²) in [7, 11) is 0. The van der Waals surface area contributed by atoms with Gasteiger partial charge in [0.2, 0.25) is 0 Å². The molecule has 96 valence electrons. The molecule has 2 aromatic carbocycles. The molecule has 0 saturated heterocycles. The number of hydrogen-bond donors (Lipinski definition) is 1. The smallest absolute Gasteiger partial charge is 0.138 e. The van der Waals surface area contributed by atoms with Crippen molar-refractivity contribution in [3.8, 4) is 11.4 Å². The molecule has 0 amide bonds. The minimum atomic E-state index is 0.687. The number of rotatable bonds is 2. The van der Waals surface area contributed by atoms with Gasteiger partial charge in [0.1, 0.15) is 5.82 Å². The highest BCUT2D eigenvalue weighted by molar-refractivity contribution is 9.10. The van der Waals surface area contributed by atoms with Crippen LogP contribution in [0.15, 0.2) is 40.9 Å². The van der Waals surface area contributed by atoms with E-state index in [9.17, 15) is 0 Å². The lowest BCUT2D eigenvalue weighted by atomic mass is 10.1. The van der Waals surface area contributed by atoms with Gasteiger partial charge in [0.05, 0.1) is 16.1 Å². The average Bonchev–Trinajstić information content (AvgIpc) is 2.84. The number of fused-ring (bicyclic) bond motifs is 1. The molecule has 0 radical (unpaired) electrons. The Labute approximate surface area is 124 Å². The van der Waals surface area contributed by atoms with E-state index in [1.165, 1.54) is 5.56 Å². The van der Waals surface area contributed by atoms with Crippen molar-refractivity contribution in [3.05, 3.63) is 51.5 Å². The van der Waals surface area contributed by atoms with Gasteiger partial charge in [-0.2, -0.15) is 0 Å². The van der Waals surface area contributed by atoms with Crippen LogP contribution in [0, 0.1) is 0 Å². The van der Waals surface area contributed by atoms with Crippen molar-refractivity contribution in [1.82, 2.24) is 9.97 Å². The van der Waals surface area contributed by atoms with Gasteiger partial charge in [-0.1, -0.05) is 30.7 Å². The first-order valence-corrected chi connectivity index (χ1v) is 7.28. The molecule has 1 heterocycles. The van der Waals surface area contributed by atoms with Gasteiger partial charge in [0, 0.05) is 10.0 Å². The fourth-order valence-electron chi connectivity index (χ4n) is 2.06. The summed E-state index contributed by atoms with van der Waals surface area (Å²) in [4.78, 5) is 7.95. The Morgan fingerprint density at radius 1 is 1.21 bits per heavy atom. The molecule has 0 unspecified atom stereocenters. The van der Waals surface area contributed by atoms with Gasteiger partial charge in [-0.3, -0.25) is 0 Å². The molecule has 3 rings (SSSR count). The highest BCUT2D eigenvalue weighted by Crippen LogP contribution is 2.28. The van der Waals surface area contributed by atoms with E-state index in [0.717, 1.165) is 33.3 Å². The van der Waals surface area contributed by atoms with E-state index < -0.39 is 0 Å². The molecular weight excluding hydrogens is 324 g/mol. The lowest BCUT2D eigenvalue weighted by molar-refractivity contribution is 1.14. The topological polar surface area (TPSA) is 28.7 Å². The van der Waals surface area contributed by atoms with E-state index in [4.69, 9.17) is 11.6 Å². The fourth-order valence-corrected chi connectivity index (χ4v) is 2.48. The normalized spacial score (nSPS) is 11.1. The predicted octanol–water partition coefficient (Wildman–Crippen LogP) is 5.21. The zero-order valence-electron chi connectivity index (χ0n) is 10.4. The largest absolute Gasteiger partial charge is 0.338 e. The van der Waals surface area contributed by atoms with Crippen molar-refractivity contribution in [3.63, 3.8) is 0 Å². The summed E-state index contributed by atoms with van der Waals surface area (Å²) in [5.41, 5.74) is 4.33. The molecule has 1 N–H and O–H groups in total. The summed E-state index contributed by atoms with van der Waals surface area (Å²) >= 11 is 9.51. The maximum Gasteiger partial charge on any atom is 0.138 e. The van der Waals surface area contributed by atoms with Crippen LogP contribution in [0.2, 0.25) is 5.02 Å². The van der Waals surface area contributed by atoms with E-state index in [0.29, 0.717) is 5.02 Å². The molecule has 3 aromatic rings. The molecule has 2 nitrogen and oxygen atoms in total. The Morgan fingerprint density at radius 3 is 2.79 bits per heavy atom. The van der Waals surface area contributed by atoms with Gasteiger partial charge in [0.15, 0.2) is 0 Å². The molecule has 0 aliphatic heterocycles. The molecule has 1 aromatic heterocycles. The third-order valence-corrected chi connectivity index (χ3v) is 4.38. The second-order valence-corrected chi connectivity index (χ2v) is 5.68. The summed E-state index contributed by atoms with van der Waals surface area (Å²) in [6.45, 7) is 2.15. The SMILES string of the molecule is CCc1ccc2nc(-c3ccc(Br)c(Cl)c3)[nH]c2c1. The molecule has 19 heavy (non-hydrogen) atoms. The number of aryl methyl sites for hydroxylation is 1. The minimum Gasteiger partial charge on any atom is -0.338 e. The lowest BCUT2D eigenvalue weighted by Crippen LogP contribution is -1.80. The third kappa shape index (κ3) is 2.40. The Kier molecular flexibility index (Phi) is 3.33. The maximum atomic E-state index is 6.12. The van der Waals surface area contributed by atoms with E-state index in [2.05, 4.69) is 51.0 Å². The standard InChI is InChI=1S/C15H12BrClN2/c1-2-9-3-6-13-14(7-9)19-15(18-13)10-4-5-11(16)12(17)8-10/h3-8H,2H2,1H3,(H,18,19). The van der Waals surface area contributed by atoms with E-state index >= 15 is 0 Å². The van der Waals surface area contributed by atoms with Gasteiger partial charge in [-0.25, -0.2) is 4.98 Å². The Morgan fingerprint density at radius 2 is 2.05 bits per heavy atom. The van der Waals surface area contributed by atoms with Crippen molar-refractivity contribution < 1.29 is 0 Å². The Hall–Kier alpha value is -1.32. The zero-order valence-corrected chi connectivity index (χ0v) is 12.7. The summed E-state index contributed by atoms with van der Waals surface area (Å²) in [5.74, 6) is 0.845.